The molecular formula is C18H16N2O2S. The third-order valence-corrected chi connectivity index (χ3v) is 4.37. The van der Waals surface area contributed by atoms with Crippen LogP contribution in [0.3, 0.4) is 0 Å². The predicted octanol–water partition coefficient (Wildman–Crippen LogP) is 4.01. The van der Waals surface area contributed by atoms with E-state index in [2.05, 4.69) is 16.9 Å². The van der Waals surface area contributed by atoms with Crippen LogP contribution in [0.15, 0.2) is 48.0 Å². The molecule has 116 valence electrons. The number of para-hydroxylation sites is 1. The first kappa shape index (κ1) is 15.4. The molecule has 0 saturated carbocycles. The van der Waals surface area contributed by atoms with Gasteiger partial charge < -0.3 is 4.74 Å². The van der Waals surface area contributed by atoms with Crippen LogP contribution < -0.4 is 0 Å². The molecule has 0 bridgehead atoms. The maximum absolute atomic E-state index is 11.8. The number of pyridine rings is 1. The van der Waals surface area contributed by atoms with Crippen LogP contribution in [0, 0.1) is 0 Å². The largest absolute Gasteiger partial charge is 0.456 e. The number of carbonyl (C=O) groups excluding carboxylic acids is 1. The summed E-state index contributed by atoms with van der Waals surface area (Å²) < 4.78 is 5.22. The van der Waals surface area contributed by atoms with E-state index in [0.717, 1.165) is 33.6 Å². The van der Waals surface area contributed by atoms with Gasteiger partial charge in [-0.25, -0.2) is 9.78 Å². The number of carbonyl (C=O) groups is 1. The molecule has 0 amide bonds. The summed E-state index contributed by atoms with van der Waals surface area (Å²) in [5.74, 6) is -0.385. The van der Waals surface area contributed by atoms with E-state index < -0.39 is 0 Å². The zero-order valence-corrected chi connectivity index (χ0v) is 13.5. The lowest BCUT2D eigenvalue weighted by molar-refractivity contribution is -0.139. The first-order chi connectivity index (χ1) is 11.3. The van der Waals surface area contributed by atoms with Crippen LogP contribution in [0.2, 0.25) is 0 Å². The minimum atomic E-state index is -0.385. The number of aromatic nitrogens is 2. The fourth-order valence-electron chi connectivity index (χ4n) is 2.19. The second kappa shape index (κ2) is 7.15. The highest BCUT2D eigenvalue weighted by atomic mass is 32.1. The van der Waals surface area contributed by atoms with E-state index in [1.807, 2.05) is 35.7 Å². The molecule has 0 radical (unpaired) electrons. The standard InChI is InChI=1S/C18H16N2O2S/c1-2-16-20-15(12-23-16)11-22-17(21)9-8-14-6-3-5-13-7-4-10-19-18(13)14/h3-10,12H,2,11H2,1H3/b9-8+. The molecule has 0 fully saturated rings. The smallest absolute Gasteiger partial charge is 0.331 e. The number of benzene rings is 1. The summed E-state index contributed by atoms with van der Waals surface area (Å²) >= 11 is 1.58. The number of esters is 1. The van der Waals surface area contributed by atoms with E-state index in [1.54, 1.807) is 23.6 Å². The molecule has 0 saturated heterocycles. The molecule has 3 rings (SSSR count). The van der Waals surface area contributed by atoms with E-state index in [4.69, 9.17) is 4.74 Å². The van der Waals surface area contributed by atoms with E-state index in [-0.39, 0.29) is 12.6 Å². The fraction of sp³-hybridized carbons (Fsp3) is 0.167. The Balaban J connectivity index is 1.65. The monoisotopic (exact) mass is 324 g/mol. The number of aryl methyl sites for hydroxylation is 1. The number of nitrogens with zero attached hydrogens (tertiary/aromatic N) is 2. The van der Waals surface area contributed by atoms with Crippen molar-refractivity contribution in [2.24, 2.45) is 0 Å². The Morgan fingerprint density at radius 2 is 2.17 bits per heavy atom. The van der Waals surface area contributed by atoms with Crippen LogP contribution in [0.4, 0.5) is 0 Å². The molecular weight excluding hydrogens is 308 g/mol. The fourth-order valence-corrected chi connectivity index (χ4v) is 2.92. The minimum absolute atomic E-state index is 0.202. The van der Waals surface area contributed by atoms with Gasteiger partial charge in [-0.3, -0.25) is 4.98 Å². The summed E-state index contributed by atoms with van der Waals surface area (Å²) in [6.45, 7) is 2.25. The molecule has 0 spiro atoms. The van der Waals surface area contributed by atoms with Crippen LogP contribution in [0.5, 0.6) is 0 Å². The number of hydrogen-bond acceptors (Lipinski definition) is 5. The number of rotatable bonds is 5. The molecule has 0 aliphatic rings. The van der Waals surface area contributed by atoms with Crippen molar-refractivity contribution in [3.8, 4) is 0 Å². The van der Waals surface area contributed by atoms with Gasteiger partial charge in [0.05, 0.1) is 16.2 Å². The molecule has 4 nitrogen and oxygen atoms in total. The topological polar surface area (TPSA) is 52.1 Å². The summed E-state index contributed by atoms with van der Waals surface area (Å²) in [4.78, 5) is 20.6. The number of ether oxygens (including phenoxy) is 1. The highest BCUT2D eigenvalue weighted by Crippen LogP contribution is 2.17. The molecule has 0 aliphatic heterocycles. The first-order valence-corrected chi connectivity index (χ1v) is 8.26. The molecule has 2 heterocycles. The van der Waals surface area contributed by atoms with Crippen LogP contribution in [-0.4, -0.2) is 15.9 Å². The van der Waals surface area contributed by atoms with Gasteiger partial charge in [-0.15, -0.1) is 11.3 Å². The Bertz CT molecular complexity index is 850. The maximum atomic E-state index is 11.8. The van der Waals surface area contributed by atoms with Crippen molar-refractivity contribution in [3.63, 3.8) is 0 Å². The molecule has 2 aromatic heterocycles. The highest BCUT2D eigenvalue weighted by Gasteiger charge is 2.04. The highest BCUT2D eigenvalue weighted by molar-refractivity contribution is 7.09. The van der Waals surface area contributed by atoms with Gasteiger partial charge in [0.1, 0.15) is 6.61 Å². The van der Waals surface area contributed by atoms with Crippen molar-refractivity contribution in [1.82, 2.24) is 9.97 Å². The van der Waals surface area contributed by atoms with Gasteiger partial charge in [-0.2, -0.15) is 0 Å². The van der Waals surface area contributed by atoms with E-state index >= 15 is 0 Å². The van der Waals surface area contributed by atoms with Gasteiger partial charge in [0.2, 0.25) is 0 Å². The van der Waals surface area contributed by atoms with Crippen LogP contribution in [0.25, 0.3) is 17.0 Å². The van der Waals surface area contributed by atoms with Gasteiger partial charge in [0.15, 0.2) is 0 Å². The quantitative estimate of drug-likeness (QED) is 0.525. The van der Waals surface area contributed by atoms with Crippen molar-refractivity contribution in [1.29, 1.82) is 0 Å². The number of fused-ring (bicyclic) bond motifs is 1. The molecule has 1 aromatic carbocycles. The van der Waals surface area contributed by atoms with Gasteiger partial charge >= 0.3 is 5.97 Å². The molecule has 3 aromatic rings. The van der Waals surface area contributed by atoms with Gasteiger partial charge in [0, 0.05) is 28.6 Å². The zero-order valence-electron chi connectivity index (χ0n) is 12.7. The Kier molecular flexibility index (Phi) is 4.78. The summed E-state index contributed by atoms with van der Waals surface area (Å²) in [5.41, 5.74) is 2.55. The third-order valence-electron chi connectivity index (χ3n) is 3.33. The molecule has 0 N–H and O–H groups in total. The van der Waals surface area contributed by atoms with Crippen molar-refractivity contribution in [2.75, 3.05) is 0 Å². The van der Waals surface area contributed by atoms with Crippen molar-refractivity contribution in [2.45, 2.75) is 20.0 Å². The van der Waals surface area contributed by atoms with Crippen molar-refractivity contribution >= 4 is 34.3 Å². The Hall–Kier alpha value is -2.53. The van der Waals surface area contributed by atoms with E-state index in [9.17, 15) is 4.79 Å². The summed E-state index contributed by atoms with van der Waals surface area (Å²) in [7, 11) is 0. The molecule has 0 unspecified atom stereocenters. The predicted molar refractivity (Wildman–Crippen MR) is 92.1 cm³/mol. The molecule has 5 heteroatoms. The normalized spacial score (nSPS) is 11.2. The molecule has 0 atom stereocenters. The average Bonchev–Trinajstić information content (AvgIpc) is 3.06. The van der Waals surface area contributed by atoms with E-state index in [0.29, 0.717) is 0 Å². The zero-order chi connectivity index (χ0) is 16.1. The second-order valence-corrected chi connectivity index (χ2v) is 5.89. The van der Waals surface area contributed by atoms with Gasteiger partial charge in [0.25, 0.3) is 0 Å². The Morgan fingerprint density at radius 3 is 3.00 bits per heavy atom. The lowest BCUT2D eigenvalue weighted by Crippen LogP contribution is -2.01. The number of hydrogen-bond donors (Lipinski definition) is 0. The lowest BCUT2D eigenvalue weighted by atomic mass is 10.1. The van der Waals surface area contributed by atoms with Crippen LogP contribution in [0.1, 0.15) is 23.2 Å². The summed E-state index contributed by atoms with van der Waals surface area (Å²) in [6.07, 6.45) is 5.80. The SMILES string of the molecule is CCc1nc(COC(=O)/C=C/c2cccc3cccnc23)cs1. The van der Waals surface area contributed by atoms with Crippen molar-refractivity contribution in [3.05, 3.63) is 64.2 Å². The minimum Gasteiger partial charge on any atom is -0.456 e. The van der Waals surface area contributed by atoms with Gasteiger partial charge in [-0.05, 0) is 18.6 Å². The Labute approximate surface area is 138 Å². The average molecular weight is 324 g/mol. The van der Waals surface area contributed by atoms with Crippen LogP contribution in [-0.2, 0) is 22.6 Å². The Morgan fingerprint density at radius 1 is 1.30 bits per heavy atom. The lowest BCUT2D eigenvalue weighted by Gasteiger charge is -2.01. The summed E-state index contributed by atoms with van der Waals surface area (Å²) in [6, 6.07) is 9.74. The summed E-state index contributed by atoms with van der Waals surface area (Å²) in [5, 5.41) is 4.01. The van der Waals surface area contributed by atoms with Gasteiger partial charge in [-0.1, -0.05) is 31.2 Å². The molecule has 0 aliphatic carbocycles. The second-order valence-electron chi connectivity index (χ2n) is 4.95. The van der Waals surface area contributed by atoms with Crippen molar-refractivity contribution < 1.29 is 9.53 Å². The maximum Gasteiger partial charge on any atom is 0.331 e. The third kappa shape index (κ3) is 3.81. The number of thiazole rings is 1. The first-order valence-electron chi connectivity index (χ1n) is 7.38. The molecule has 23 heavy (non-hydrogen) atoms. The van der Waals surface area contributed by atoms with E-state index in [1.165, 1.54) is 6.08 Å². The van der Waals surface area contributed by atoms with Crippen LogP contribution >= 0.6 is 11.3 Å².